The molecule has 0 saturated carbocycles. The lowest BCUT2D eigenvalue weighted by molar-refractivity contribution is -0.145. The summed E-state index contributed by atoms with van der Waals surface area (Å²) in [5, 5.41) is 0. The van der Waals surface area contributed by atoms with Crippen LogP contribution in [-0.2, 0) is 21.4 Å². The number of nitrogens with zero attached hydrogens (tertiary/aromatic N) is 1. The van der Waals surface area contributed by atoms with E-state index in [2.05, 4.69) is 24.1 Å². The van der Waals surface area contributed by atoms with Gasteiger partial charge in [0.25, 0.3) is 0 Å². The summed E-state index contributed by atoms with van der Waals surface area (Å²) >= 11 is 0. The summed E-state index contributed by atoms with van der Waals surface area (Å²) in [7, 11) is 3.91. The van der Waals surface area contributed by atoms with E-state index < -0.39 is 6.04 Å². The van der Waals surface area contributed by atoms with Crippen molar-refractivity contribution in [3.05, 3.63) is 35.1 Å². The molecule has 6 heteroatoms. The van der Waals surface area contributed by atoms with E-state index in [0.29, 0.717) is 17.7 Å². The van der Waals surface area contributed by atoms with E-state index in [-0.39, 0.29) is 23.4 Å². The summed E-state index contributed by atoms with van der Waals surface area (Å²) < 4.78 is 18.2. The third kappa shape index (κ3) is 2.53. The van der Waals surface area contributed by atoms with Crippen LogP contribution in [0.4, 0.5) is 0 Å². The lowest BCUT2D eigenvalue weighted by Crippen LogP contribution is -2.63. The van der Waals surface area contributed by atoms with Crippen LogP contribution in [0, 0.1) is 11.8 Å². The summed E-state index contributed by atoms with van der Waals surface area (Å²) in [6, 6.07) is 4.03. The van der Waals surface area contributed by atoms with Gasteiger partial charge in [-0.2, -0.15) is 0 Å². The van der Waals surface area contributed by atoms with Crippen molar-refractivity contribution in [1.82, 2.24) is 4.90 Å². The maximum absolute atomic E-state index is 12.8. The molecule has 6 atom stereocenters. The zero-order valence-corrected chi connectivity index (χ0v) is 18.3. The van der Waals surface area contributed by atoms with Crippen molar-refractivity contribution in [2.45, 2.75) is 63.1 Å². The minimum Gasteiger partial charge on any atom is -0.493 e. The Hall–Kier alpha value is -2.05. The second-order valence-electron chi connectivity index (χ2n) is 9.45. The van der Waals surface area contributed by atoms with Crippen molar-refractivity contribution in [2.75, 3.05) is 20.7 Å². The monoisotopic (exact) mass is 412 g/mol. The average molecular weight is 413 g/mol. The van der Waals surface area contributed by atoms with Gasteiger partial charge in [0, 0.05) is 17.0 Å². The Bertz CT molecular complexity index is 913. The zero-order valence-electron chi connectivity index (χ0n) is 18.3. The van der Waals surface area contributed by atoms with Crippen LogP contribution in [0.25, 0.3) is 0 Å². The molecule has 0 amide bonds. The molecule has 1 aromatic rings. The molecule has 6 nitrogen and oxygen atoms in total. The summed E-state index contributed by atoms with van der Waals surface area (Å²) in [5.74, 6) is 2.37. The van der Waals surface area contributed by atoms with Crippen LogP contribution in [0.15, 0.2) is 24.0 Å². The number of benzene rings is 1. The van der Waals surface area contributed by atoms with E-state index in [9.17, 15) is 4.79 Å². The number of allylic oxidation sites excluding steroid dienone is 1. The number of nitrogens with two attached hydrogens (primary N) is 1. The fraction of sp³-hybridized carbons (Fsp3) is 0.625. The van der Waals surface area contributed by atoms with Gasteiger partial charge in [0.1, 0.15) is 11.8 Å². The number of likely N-dealkylation sites (tertiary alicyclic amines) is 1. The number of methoxy groups -OCH3 is 1. The van der Waals surface area contributed by atoms with Crippen LogP contribution in [0.3, 0.4) is 0 Å². The van der Waals surface area contributed by atoms with E-state index in [1.165, 1.54) is 11.1 Å². The molecule has 1 fully saturated rings. The first kappa shape index (κ1) is 19.9. The van der Waals surface area contributed by atoms with Crippen molar-refractivity contribution in [2.24, 2.45) is 17.6 Å². The number of piperidine rings is 1. The summed E-state index contributed by atoms with van der Waals surface area (Å²) in [5.41, 5.74) is 8.62. The third-order valence-corrected chi connectivity index (χ3v) is 8.18. The van der Waals surface area contributed by atoms with Crippen molar-refractivity contribution < 1.29 is 19.0 Å². The maximum atomic E-state index is 12.8. The third-order valence-electron chi connectivity index (χ3n) is 8.18. The van der Waals surface area contributed by atoms with Gasteiger partial charge >= 0.3 is 5.97 Å². The normalized spacial score (nSPS) is 33.1. The first-order valence-electron chi connectivity index (χ1n) is 11.2. The summed E-state index contributed by atoms with van der Waals surface area (Å²) in [4.78, 5) is 15.3. The van der Waals surface area contributed by atoms with E-state index in [1.54, 1.807) is 7.11 Å². The Labute approximate surface area is 178 Å². The quantitative estimate of drug-likeness (QED) is 0.750. The number of rotatable bonds is 5. The number of hydrogen-bond donors (Lipinski definition) is 1. The van der Waals surface area contributed by atoms with Gasteiger partial charge in [-0.25, -0.2) is 4.79 Å². The second-order valence-corrected chi connectivity index (χ2v) is 9.45. The SMILES string of the molecule is CC[C@H](C)[C@H](N)C(=O)OC1=CC[C@H]2[C@H]3Cc4ccc(OC)c5c4[C@@]2(CCN3C)[C@H]1O5. The topological polar surface area (TPSA) is 74.0 Å². The number of carbonyl (C=O) groups excluding carboxylic acids is 1. The first-order chi connectivity index (χ1) is 14.4. The number of hydrogen-bond acceptors (Lipinski definition) is 6. The molecule has 1 aromatic carbocycles. The molecule has 0 unspecified atom stereocenters. The fourth-order valence-corrected chi connectivity index (χ4v) is 6.23. The summed E-state index contributed by atoms with van der Waals surface area (Å²) in [6.07, 6.45) is 5.49. The highest BCUT2D eigenvalue weighted by Crippen LogP contribution is 2.63. The molecule has 1 spiro atoms. The van der Waals surface area contributed by atoms with Crippen LogP contribution in [0.1, 0.15) is 44.2 Å². The Morgan fingerprint density at radius 3 is 2.97 bits per heavy atom. The first-order valence-corrected chi connectivity index (χ1v) is 11.2. The van der Waals surface area contributed by atoms with E-state index in [4.69, 9.17) is 19.9 Å². The van der Waals surface area contributed by atoms with Crippen molar-refractivity contribution >= 4 is 5.97 Å². The van der Waals surface area contributed by atoms with Gasteiger partial charge in [-0.3, -0.25) is 0 Å². The average Bonchev–Trinajstić information content (AvgIpc) is 3.11. The molecule has 0 aromatic heterocycles. The standard InChI is InChI=1S/C24H32N2O4/c1-5-13(2)20(25)23(27)29-18-9-7-15-16-12-14-6-8-17(28-4)21-19(14)24(15,22(18)30-21)10-11-26(16)3/h6,8-9,13,15-16,20,22H,5,7,10-12,25H2,1-4H3/t13-,15-,16+,20-,22-,24-/m0/s1. The minimum atomic E-state index is -0.628. The molecule has 2 bridgehead atoms. The second kappa shape index (κ2) is 6.99. The predicted octanol–water partition coefficient (Wildman–Crippen LogP) is 2.77. The molecule has 162 valence electrons. The lowest BCUT2D eigenvalue weighted by atomic mass is 9.53. The van der Waals surface area contributed by atoms with Crippen molar-refractivity contribution in [3.63, 3.8) is 0 Å². The molecule has 1 saturated heterocycles. The summed E-state index contributed by atoms with van der Waals surface area (Å²) in [6.45, 7) is 5.02. The Morgan fingerprint density at radius 2 is 2.23 bits per heavy atom. The molecule has 2 aliphatic heterocycles. The Kier molecular flexibility index (Phi) is 4.63. The fourth-order valence-electron chi connectivity index (χ4n) is 6.23. The van der Waals surface area contributed by atoms with Crippen molar-refractivity contribution in [3.8, 4) is 11.5 Å². The minimum absolute atomic E-state index is 0.0726. The van der Waals surface area contributed by atoms with Crippen LogP contribution in [-0.4, -0.2) is 49.8 Å². The van der Waals surface area contributed by atoms with Gasteiger partial charge in [-0.05, 0) is 62.4 Å². The van der Waals surface area contributed by atoms with Crippen LogP contribution >= 0.6 is 0 Å². The number of esters is 1. The largest absolute Gasteiger partial charge is 0.493 e. The predicted molar refractivity (Wildman–Crippen MR) is 114 cm³/mol. The number of likely N-dealkylation sites (N-methyl/N-ethyl adjacent to an activating group) is 1. The lowest BCUT2D eigenvalue weighted by Gasteiger charge is -2.56. The van der Waals surface area contributed by atoms with E-state index in [1.807, 2.05) is 19.9 Å². The molecular weight excluding hydrogens is 380 g/mol. The van der Waals surface area contributed by atoms with E-state index in [0.717, 1.165) is 43.7 Å². The van der Waals surface area contributed by atoms with Crippen LogP contribution in [0.2, 0.25) is 0 Å². The smallest absolute Gasteiger partial charge is 0.328 e. The zero-order chi connectivity index (χ0) is 21.2. The molecule has 2 N–H and O–H groups in total. The highest BCUT2D eigenvalue weighted by molar-refractivity contribution is 5.77. The molecule has 0 radical (unpaired) electrons. The Balaban J connectivity index is 1.57. The molecule has 2 heterocycles. The van der Waals surface area contributed by atoms with Crippen LogP contribution < -0.4 is 15.2 Å². The van der Waals surface area contributed by atoms with E-state index >= 15 is 0 Å². The molecular formula is C24H32N2O4. The molecule has 4 aliphatic rings. The van der Waals surface area contributed by atoms with Gasteiger partial charge < -0.3 is 24.8 Å². The number of carbonyl (C=O) groups is 1. The maximum Gasteiger partial charge on any atom is 0.328 e. The Morgan fingerprint density at radius 1 is 1.43 bits per heavy atom. The van der Waals surface area contributed by atoms with Gasteiger partial charge in [0.15, 0.2) is 17.6 Å². The molecule has 30 heavy (non-hydrogen) atoms. The molecule has 2 aliphatic carbocycles. The van der Waals surface area contributed by atoms with Gasteiger partial charge in [0.05, 0.1) is 7.11 Å². The number of ether oxygens (including phenoxy) is 3. The highest BCUT2D eigenvalue weighted by atomic mass is 16.6. The molecule has 5 rings (SSSR count). The van der Waals surface area contributed by atoms with Crippen molar-refractivity contribution in [1.29, 1.82) is 0 Å². The van der Waals surface area contributed by atoms with Crippen LogP contribution in [0.5, 0.6) is 11.5 Å². The van der Waals surface area contributed by atoms with Gasteiger partial charge in [-0.1, -0.05) is 26.3 Å². The van der Waals surface area contributed by atoms with Gasteiger partial charge in [0.2, 0.25) is 0 Å². The van der Waals surface area contributed by atoms with Gasteiger partial charge in [-0.15, -0.1) is 0 Å². The highest BCUT2D eigenvalue weighted by Gasteiger charge is 2.64.